The lowest BCUT2D eigenvalue weighted by Crippen LogP contribution is -2.20. The van der Waals surface area contributed by atoms with Crippen molar-refractivity contribution in [1.82, 2.24) is 10.3 Å². The summed E-state index contributed by atoms with van der Waals surface area (Å²) in [6, 6.07) is 6.66. The number of hydrogen-bond acceptors (Lipinski definition) is 3. The maximum Gasteiger partial charge on any atom is 0.114 e. The van der Waals surface area contributed by atoms with E-state index < -0.39 is 0 Å². The Labute approximate surface area is 126 Å². The minimum atomic E-state index is 0.106. The van der Waals surface area contributed by atoms with Gasteiger partial charge in [-0.2, -0.15) is 0 Å². The van der Waals surface area contributed by atoms with Crippen LogP contribution >= 0.6 is 11.3 Å². The molecule has 0 aliphatic heterocycles. The van der Waals surface area contributed by atoms with Crippen molar-refractivity contribution in [2.75, 3.05) is 7.05 Å². The summed E-state index contributed by atoms with van der Waals surface area (Å²) in [6.45, 7) is 11.0. The van der Waals surface area contributed by atoms with E-state index >= 15 is 0 Å². The Morgan fingerprint density at radius 1 is 1.20 bits per heavy atom. The van der Waals surface area contributed by atoms with Crippen LogP contribution in [0.4, 0.5) is 0 Å². The second-order valence-corrected chi connectivity index (χ2v) is 7.22. The molecule has 108 valence electrons. The Kier molecular flexibility index (Phi) is 4.31. The van der Waals surface area contributed by atoms with Crippen LogP contribution in [0, 0.1) is 13.8 Å². The first-order valence-electron chi connectivity index (χ1n) is 7.04. The normalized spacial score (nSPS) is 13.5. The molecule has 1 heterocycles. The summed E-state index contributed by atoms with van der Waals surface area (Å²) in [6.07, 6.45) is 0. The van der Waals surface area contributed by atoms with Crippen molar-refractivity contribution >= 4 is 11.3 Å². The van der Waals surface area contributed by atoms with E-state index in [0.29, 0.717) is 0 Å². The van der Waals surface area contributed by atoms with Crippen molar-refractivity contribution < 1.29 is 0 Å². The van der Waals surface area contributed by atoms with E-state index in [-0.39, 0.29) is 11.5 Å². The van der Waals surface area contributed by atoms with Crippen molar-refractivity contribution in [3.63, 3.8) is 0 Å². The molecule has 1 aromatic heterocycles. The molecule has 1 unspecified atom stereocenters. The lowest BCUT2D eigenvalue weighted by Gasteiger charge is -2.19. The number of rotatable bonds is 3. The van der Waals surface area contributed by atoms with Gasteiger partial charge in [0.15, 0.2) is 0 Å². The molecule has 0 fully saturated rings. The van der Waals surface area contributed by atoms with Crippen molar-refractivity contribution in [2.24, 2.45) is 0 Å². The highest BCUT2D eigenvalue weighted by Crippen LogP contribution is 2.31. The van der Waals surface area contributed by atoms with E-state index in [9.17, 15) is 0 Å². The zero-order chi connectivity index (χ0) is 14.9. The summed E-state index contributed by atoms with van der Waals surface area (Å²) >= 11 is 1.74. The van der Waals surface area contributed by atoms with Crippen LogP contribution in [0.3, 0.4) is 0 Å². The highest BCUT2D eigenvalue weighted by atomic mass is 32.1. The molecule has 0 saturated heterocycles. The molecule has 0 spiro atoms. The van der Waals surface area contributed by atoms with Gasteiger partial charge in [0.05, 0.1) is 11.7 Å². The fraction of sp³-hybridized carbons (Fsp3) is 0.471. The summed E-state index contributed by atoms with van der Waals surface area (Å²) < 4.78 is 0. The first-order valence-corrected chi connectivity index (χ1v) is 7.92. The molecular formula is C17H24N2S. The average molecular weight is 288 g/mol. The molecule has 0 aliphatic carbocycles. The van der Waals surface area contributed by atoms with E-state index in [4.69, 9.17) is 4.98 Å². The highest BCUT2D eigenvalue weighted by Gasteiger charge is 2.22. The number of thiazole rings is 1. The van der Waals surface area contributed by atoms with Crippen molar-refractivity contribution in [1.29, 1.82) is 0 Å². The van der Waals surface area contributed by atoms with Crippen LogP contribution in [-0.4, -0.2) is 12.0 Å². The topological polar surface area (TPSA) is 24.9 Å². The number of nitrogens with one attached hydrogen (secondary N) is 1. The molecule has 0 saturated carbocycles. The summed E-state index contributed by atoms with van der Waals surface area (Å²) in [5.41, 5.74) is 5.27. The number of hydrogen-bond donors (Lipinski definition) is 1. The van der Waals surface area contributed by atoms with Crippen molar-refractivity contribution in [2.45, 2.75) is 46.1 Å². The predicted molar refractivity (Wildman–Crippen MR) is 87.6 cm³/mol. The Morgan fingerprint density at radius 2 is 1.90 bits per heavy atom. The molecule has 1 aromatic carbocycles. The summed E-state index contributed by atoms with van der Waals surface area (Å²) in [5, 5.41) is 6.75. The Hall–Kier alpha value is -1.19. The van der Waals surface area contributed by atoms with Crippen LogP contribution in [0.15, 0.2) is 23.6 Å². The number of nitrogens with zero attached hydrogens (tertiary/aromatic N) is 1. The first kappa shape index (κ1) is 15.2. The molecular weight excluding hydrogens is 264 g/mol. The fourth-order valence-corrected chi connectivity index (χ4v) is 3.43. The molecule has 20 heavy (non-hydrogen) atoms. The third-order valence-corrected chi connectivity index (χ3v) is 4.69. The average Bonchev–Trinajstić information content (AvgIpc) is 2.85. The molecule has 2 aromatic rings. The van der Waals surface area contributed by atoms with Gasteiger partial charge in [-0.15, -0.1) is 11.3 Å². The number of benzene rings is 1. The molecule has 0 radical (unpaired) electrons. The van der Waals surface area contributed by atoms with E-state index in [1.54, 1.807) is 11.3 Å². The SMILES string of the molecule is CNC(c1nc(C(C)(C)C)cs1)c1cccc(C)c1C. The first-order chi connectivity index (χ1) is 9.34. The molecule has 0 amide bonds. The number of aromatic nitrogens is 1. The molecule has 3 heteroatoms. The fourth-order valence-electron chi connectivity index (χ4n) is 2.26. The summed E-state index contributed by atoms with van der Waals surface area (Å²) in [4.78, 5) is 4.86. The largest absolute Gasteiger partial charge is 0.307 e. The third-order valence-electron chi connectivity index (χ3n) is 3.78. The van der Waals surface area contributed by atoms with Gasteiger partial charge in [0, 0.05) is 10.8 Å². The maximum atomic E-state index is 4.86. The smallest absolute Gasteiger partial charge is 0.114 e. The second-order valence-electron chi connectivity index (χ2n) is 6.33. The lowest BCUT2D eigenvalue weighted by molar-refractivity contribution is 0.566. The minimum Gasteiger partial charge on any atom is -0.307 e. The van der Waals surface area contributed by atoms with Crippen LogP contribution in [-0.2, 0) is 5.41 Å². The molecule has 1 N–H and O–H groups in total. The van der Waals surface area contributed by atoms with Crippen LogP contribution < -0.4 is 5.32 Å². The molecule has 0 bridgehead atoms. The van der Waals surface area contributed by atoms with Gasteiger partial charge in [-0.25, -0.2) is 4.98 Å². The summed E-state index contributed by atoms with van der Waals surface area (Å²) in [5.74, 6) is 0. The van der Waals surface area contributed by atoms with E-state index in [1.807, 2.05) is 7.05 Å². The van der Waals surface area contributed by atoms with Crippen LogP contribution in [0.2, 0.25) is 0 Å². The van der Waals surface area contributed by atoms with E-state index in [0.717, 1.165) is 5.01 Å². The van der Waals surface area contributed by atoms with Gasteiger partial charge in [0.25, 0.3) is 0 Å². The van der Waals surface area contributed by atoms with Gasteiger partial charge in [0.2, 0.25) is 0 Å². The van der Waals surface area contributed by atoms with E-state index in [1.165, 1.54) is 22.4 Å². The third kappa shape index (κ3) is 2.94. The van der Waals surface area contributed by atoms with Crippen molar-refractivity contribution in [3.05, 3.63) is 51.0 Å². The highest BCUT2D eigenvalue weighted by molar-refractivity contribution is 7.09. The Balaban J connectivity index is 2.43. The van der Waals surface area contributed by atoms with Crippen molar-refractivity contribution in [3.8, 4) is 0 Å². The quantitative estimate of drug-likeness (QED) is 0.907. The Morgan fingerprint density at radius 3 is 2.45 bits per heavy atom. The summed E-state index contributed by atoms with van der Waals surface area (Å²) in [7, 11) is 2.00. The minimum absolute atomic E-state index is 0.106. The van der Waals surface area contributed by atoms with Gasteiger partial charge in [0.1, 0.15) is 5.01 Å². The molecule has 2 nitrogen and oxygen atoms in total. The van der Waals surface area contributed by atoms with Gasteiger partial charge in [-0.3, -0.25) is 0 Å². The van der Waals surface area contributed by atoms with Gasteiger partial charge in [-0.05, 0) is 37.6 Å². The van der Waals surface area contributed by atoms with Crippen LogP contribution in [0.1, 0.15) is 54.2 Å². The van der Waals surface area contributed by atoms with Gasteiger partial charge < -0.3 is 5.32 Å². The molecule has 0 aliphatic rings. The number of aryl methyl sites for hydroxylation is 1. The molecule has 2 rings (SSSR count). The Bertz CT molecular complexity index is 593. The van der Waals surface area contributed by atoms with Gasteiger partial charge >= 0.3 is 0 Å². The molecule has 1 atom stereocenters. The lowest BCUT2D eigenvalue weighted by atomic mass is 9.93. The van der Waals surface area contributed by atoms with Crippen LogP contribution in [0.5, 0.6) is 0 Å². The zero-order valence-electron chi connectivity index (χ0n) is 13.2. The van der Waals surface area contributed by atoms with E-state index in [2.05, 4.69) is 63.5 Å². The second kappa shape index (κ2) is 5.66. The zero-order valence-corrected chi connectivity index (χ0v) is 14.1. The standard InChI is InChI=1S/C17H24N2S/c1-11-8-7-9-13(12(11)2)15(18-6)16-19-14(10-20-16)17(3,4)5/h7-10,15,18H,1-6H3. The van der Waals surface area contributed by atoms with Gasteiger partial charge in [-0.1, -0.05) is 39.0 Å². The van der Waals surface area contributed by atoms with Crippen LogP contribution in [0.25, 0.3) is 0 Å². The monoisotopic (exact) mass is 288 g/mol. The maximum absolute atomic E-state index is 4.86. The predicted octanol–water partition coefficient (Wildman–Crippen LogP) is 4.37.